The minimum atomic E-state index is -4.59. The third kappa shape index (κ3) is 4.40. The van der Waals surface area contributed by atoms with Crippen LogP contribution in [0, 0.1) is 0 Å². The van der Waals surface area contributed by atoms with E-state index in [0.29, 0.717) is 18.6 Å². The summed E-state index contributed by atoms with van der Waals surface area (Å²) >= 11 is 0. The highest BCUT2D eigenvalue weighted by molar-refractivity contribution is 5.86. The van der Waals surface area contributed by atoms with Crippen molar-refractivity contribution in [3.8, 4) is 0 Å². The lowest BCUT2D eigenvalue weighted by atomic mass is 10.2. The van der Waals surface area contributed by atoms with Crippen molar-refractivity contribution >= 4 is 12.0 Å². The third-order valence-corrected chi connectivity index (χ3v) is 3.17. The van der Waals surface area contributed by atoms with Crippen LogP contribution in [0.1, 0.15) is 18.6 Å². The number of rotatable bonds is 4. The molecule has 1 fully saturated rings. The van der Waals surface area contributed by atoms with Gasteiger partial charge in [0, 0.05) is 6.54 Å². The minimum absolute atomic E-state index is 0.147. The molecule has 1 atom stereocenters. The Morgan fingerprint density at radius 1 is 1.45 bits per heavy atom. The van der Waals surface area contributed by atoms with Crippen molar-refractivity contribution in [2.75, 3.05) is 13.2 Å². The monoisotopic (exact) mass is 320 g/mol. The summed E-state index contributed by atoms with van der Waals surface area (Å²) in [6.45, 7) is -1.33. The average molecular weight is 320 g/mol. The molecule has 1 aliphatic rings. The van der Waals surface area contributed by atoms with Crippen LogP contribution >= 0.6 is 0 Å². The van der Waals surface area contributed by atoms with E-state index in [1.807, 2.05) is 0 Å². The van der Waals surface area contributed by atoms with Gasteiger partial charge in [-0.3, -0.25) is 9.69 Å². The normalized spacial score (nSPS) is 18.3. The number of carbonyl (C=O) groups excluding carboxylic acids is 2. The van der Waals surface area contributed by atoms with E-state index in [1.165, 1.54) is 6.26 Å². The van der Waals surface area contributed by atoms with E-state index in [1.54, 1.807) is 12.1 Å². The van der Waals surface area contributed by atoms with Crippen LogP contribution in [0.4, 0.5) is 18.0 Å². The molecular formula is C13H15F3N2O4. The number of nitrogens with zero attached hydrogens (tertiary/aromatic N) is 1. The predicted molar refractivity (Wildman–Crippen MR) is 67.7 cm³/mol. The Morgan fingerprint density at radius 2 is 2.23 bits per heavy atom. The number of likely N-dealkylation sites (tertiary alicyclic amines) is 1. The smallest absolute Gasteiger partial charge is 0.422 e. The number of amides is 2. The van der Waals surface area contributed by atoms with Gasteiger partial charge in [0.1, 0.15) is 11.8 Å². The summed E-state index contributed by atoms with van der Waals surface area (Å²) in [5.74, 6) is 0.0930. The average Bonchev–Trinajstić information content (AvgIpc) is 3.12. The van der Waals surface area contributed by atoms with Crippen LogP contribution in [0.15, 0.2) is 22.8 Å². The molecule has 0 aromatic carbocycles. The molecule has 1 saturated heterocycles. The van der Waals surface area contributed by atoms with Crippen LogP contribution in [0.3, 0.4) is 0 Å². The molecule has 1 N–H and O–H groups in total. The number of carbonyl (C=O) groups is 2. The standard InChI is InChI=1S/C13H15F3N2O4/c14-13(15,16)8-22-12(20)18-5-1-4-10(18)11(19)17-7-9-3-2-6-21-9/h2-3,6,10H,1,4-5,7-8H2,(H,17,19)/t10-/m1/s1. The second-order valence-electron chi connectivity index (χ2n) is 4.82. The zero-order valence-electron chi connectivity index (χ0n) is 11.6. The highest BCUT2D eigenvalue weighted by atomic mass is 19.4. The van der Waals surface area contributed by atoms with Gasteiger partial charge in [0.05, 0.1) is 12.8 Å². The quantitative estimate of drug-likeness (QED) is 0.922. The number of nitrogens with one attached hydrogen (secondary N) is 1. The molecular weight excluding hydrogens is 305 g/mol. The predicted octanol–water partition coefficient (Wildman–Crippen LogP) is 2.06. The largest absolute Gasteiger partial charge is 0.467 e. The highest BCUT2D eigenvalue weighted by Gasteiger charge is 2.37. The number of hydrogen-bond donors (Lipinski definition) is 1. The lowest BCUT2D eigenvalue weighted by molar-refractivity contribution is -0.162. The molecule has 0 unspecified atom stereocenters. The van der Waals surface area contributed by atoms with Crippen LogP contribution in [-0.2, 0) is 16.1 Å². The van der Waals surface area contributed by atoms with Crippen LogP contribution in [0.25, 0.3) is 0 Å². The maximum absolute atomic E-state index is 12.1. The van der Waals surface area contributed by atoms with Crippen molar-refractivity contribution in [2.24, 2.45) is 0 Å². The van der Waals surface area contributed by atoms with Gasteiger partial charge in [0.25, 0.3) is 0 Å². The van der Waals surface area contributed by atoms with Gasteiger partial charge in [0.2, 0.25) is 5.91 Å². The van der Waals surface area contributed by atoms with E-state index in [4.69, 9.17) is 4.42 Å². The molecule has 1 aromatic rings. The molecule has 2 heterocycles. The molecule has 0 radical (unpaired) electrons. The van der Waals surface area contributed by atoms with Crippen molar-refractivity contribution in [3.63, 3.8) is 0 Å². The van der Waals surface area contributed by atoms with Gasteiger partial charge in [-0.1, -0.05) is 0 Å². The van der Waals surface area contributed by atoms with Gasteiger partial charge >= 0.3 is 12.3 Å². The van der Waals surface area contributed by atoms with Gasteiger partial charge in [-0.25, -0.2) is 4.79 Å². The summed E-state index contributed by atoms with van der Waals surface area (Å²) in [6, 6.07) is 2.51. The molecule has 122 valence electrons. The summed E-state index contributed by atoms with van der Waals surface area (Å²) in [4.78, 5) is 24.7. The van der Waals surface area contributed by atoms with Crippen molar-refractivity contribution in [1.29, 1.82) is 0 Å². The summed E-state index contributed by atoms with van der Waals surface area (Å²) in [5, 5.41) is 2.58. The first-order chi connectivity index (χ1) is 10.4. The molecule has 22 heavy (non-hydrogen) atoms. The third-order valence-electron chi connectivity index (χ3n) is 3.17. The van der Waals surface area contributed by atoms with Crippen molar-refractivity contribution < 1.29 is 31.9 Å². The molecule has 6 nitrogen and oxygen atoms in total. The summed E-state index contributed by atoms with van der Waals surface area (Å²) in [5.41, 5.74) is 0. The first kappa shape index (κ1) is 16.2. The van der Waals surface area contributed by atoms with Crippen molar-refractivity contribution in [1.82, 2.24) is 10.2 Å². The zero-order chi connectivity index (χ0) is 16.2. The molecule has 2 amide bonds. The van der Waals surface area contributed by atoms with Crippen molar-refractivity contribution in [2.45, 2.75) is 31.6 Å². The van der Waals surface area contributed by atoms with E-state index >= 15 is 0 Å². The first-order valence-corrected chi connectivity index (χ1v) is 6.67. The van der Waals surface area contributed by atoms with E-state index in [0.717, 1.165) is 4.90 Å². The Balaban J connectivity index is 1.86. The molecule has 1 aromatic heterocycles. The zero-order valence-corrected chi connectivity index (χ0v) is 11.6. The van der Waals surface area contributed by atoms with Crippen LogP contribution in [0.2, 0.25) is 0 Å². The fourth-order valence-electron chi connectivity index (χ4n) is 2.19. The second kappa shape index (κ2) is 6.71. The number of halogens is 3. The van der Waals surface area contributed by atoms with Crippen LogP contribution < -0.4 is 5.32 Å². The molecule has 0 aliphatic carbocycles. The Morgan fingerprint density at radius 3 is 2.86 bits per heavy atom. The minimum Gasteiger partial charge on any atom is -0.467 e. The Kier molecular flexibility index (Phi) is 4.94. The fourth-order valence-corrected chi connectivity index (χ4v) is 2.19. The van der Waals surface area contributed by atoms with E-state index in [2.05, 4.69) is 10.1 Å². The number of furan rings is 1. The molecule has 1 aliphatic heterocycles. The highest BCUT2D eigenvalue weighted by Crippen LogP contribution is 2.21. The Labute approximate surface area is 124 Å². The number of hydrogen-bond acceptors (Lipinski definition) is 4. The summed E-state index contributed by atoms with van der Waals surface area (Å²) in [6.07, 6.45) is -3.36. The van der Waals surface area contributed by atoms with Crippen molar-refractivity contribution in [3.05, 3.63) is 24.2 Å². The Bertz CT molecular complexity index is 516. The van der Waals surface area contributed by atoms with Crippen LogP contribution in [-0.4, -0.2) is 42.3 Å². The fraction of sp³-hybridized carbons (Fsp3) is 0.538. The van der Waals surface area contributed by atoms with E-state index in [9.17, 15) is 22.8 Å². The van der Waals surface area contributed by atoms with Crippen LogP contribution in [0.5, 0.6) is 0 Å². The molecule has 0 bridgehead atoms. The van der Waals surface area contributed by atoms with Gasteiger partial charge in [-0.2, -0.15) is 13.2 Å². The molecule has 0 spiro atoms. The lowest BCUT2D eigenvalue weighted by Crippen LogP contribution is -2.46. The summed E-state index contributed by atoms with van der Waals surface area (Å²) < 4.78 is 45.4. The summed E-state index contributed by atoms with van der Waals surface area (Å²) in [7, 11) is 0. The molecule has 0 saturated carbocycles. The van der Waals surface area contributed by atoms with Gasteiger partial charge in [-0.15, -0.1) is 0 Å². The molecule has 9 heteroatoms. The van der Waals surface area contributed by atoms with Gasteiger partial charge in [-0.05, 0) is 25.0 Å². The molecule has 2 rings (SSSR count). The first-order valence-electron chi connectivity index (χ1n) is 6.67. The van der Waals surface area contributed by atoms with Gasteiger partial charge in [0.15, 0.2) is 6.61 Å². The lowest BCUT2D eigenvalue weighted by Gasteiger charge is -2.23. The maximum Gasteiger partial charge on any atom is 0.422 e. The van der Waals surface area contributed by atoms with E-state index < -0.39 is 30.8 Å². The van der Waals surface area contributed by atoms with E-state index in [-0.39, 0.29) is 13.1 Å². The topological polar surface area (TPSA) is 71.8 Å². The Hall–Kier alpha value is -2.19. The second-order valence-corrected chi connectivity index (χ2v) is 4.82. The number of ether oxygens (including phenoxy) is 1. The van der Waals surface area contributed by atoms with Gasteiger partial charge < -0.3 is 14.5 Å². The SMILES string of the molecule is O=C(NCc1ccco1)[C@H]1CCCN1C(=O)OCC(F)(F)F. The number of alkyl halides is 3. The maximum atomic E-state index is 12.1.